The molecule has 0 amide bonds. The van der Waals surface area contributed by atoms with E-state index in [1.807, 2.05) is 0 Å². The molecule has 1 aromatic rings. The van der Waals surface area contributed by atoms with E-state index < -0.39 is 33.9 Å². The van der Waals surface area contributed by atoms with Gasteiger partial charge in [0.2, 0.25) is 0 Å². The highest BCUT2D eigenvalue weighted by Gasteiger charge is 2.27. The van der Waals surface area contributed by atoms with E-state index in [9.17, 15) is 17.7 Å². The van der Waals surface area contributed by atoms with Crippen LogP contribution in [0.4, 0.5) is 13.2 Å². The number of rotatable bonds is 3. The standard InChI is InChI=1S/C13H16F3NOS/c1-8(17-19(18)13(2,3)4)9-6-5-7-10(11(9)14)12(15)16/h5-7,12H,1-4H3/b17-8-. The highest BCUT2D eigenvalue weighted by atomic mass is 32.2. The van der Waals surface area contributed by atoms with Gasteiger partial charge in [-0.15, -0.1) is 0 Å². The Morgan fingerprint density at radius 3 is 2.37 bits per heavy atom. The maximum Gasteiger partial charge on any atom is 0.266 e. The first-order valence-corrected chi connectivity index (χ1v) is 6.79. The Kier molecular flexibility index (Phi) is 5.04. The summed E-state index contributed by atoms with van der Waals surface area (Å²) < 4.78 is 54.2. The van der Waals surface area contributed by atoms with Gasteiger partial charge in [-0.3, -0.25) is 0 Å². The van der Waals surface area contributed by atoms with Crippen LogP contribution >= 0.6 is 0 Å². The smallest absolute Gasteiger partial charge is 0.266 e. The third kappa shape index (κ3) is 3.98. The molecule has 0 saturated carbocycles. The molecule has 1 aromatic carbocycles. The zero-order chi connectivity index (χ0) is 14.8. The summed E-state index contributed by atoms with van der Waals surface area (Å²) in [5.74, 6) is -1.01. The third-order valence-corrected chi connectivity index (χ3v) is 3.88. The molecule has 0 aromatic heterocycles. The second-order valence-electron chi connectivity index (χ2n) is 5.05. The maximum atomic E-state index is 13.9. The van der Waals surface area contributed by atoms with Gasteiger partial charge in [0.15, 0.2) is 0 Å². The number of benzene rings is 1. The summed E-state index contributed by atoms with van der Waals surface area (Å²) >= 11 is -1.56. The first kappa shape index (κ1) is 16.0. The quantitative estimate of drug-likeness (QED) is 0.611. The molecule has 106 valence electrons. The lowest BCUT2D eigenvalue weighted by Crippen LogP contribution is -2.26. The zero-order valence-electron chi connectivity index (χ0n) is 11.2. The van der Waals surface area contributed by atoms with E-state index in [1.165, 1.54) is 19.1 Å². The van der Waals surface area contributed by atoms with Crippen LogP contribution < -0.4 is 0 Å². The SMILES string of the molecule is C/C(=N/[S+]([O-])C(C)(C)C)c1cccc(C(F)F)c1F. The zero-order valence-corrected chi connectivity index (χ0v) is 12.0. The van der Waals surface area contributed by atoms with Crippen molar-refractivity contribution >= 4 is 17.1 Å². The molecule has 0 aliphatic carbocycles. The molecule has 2 nitrogen and oxygen atoms in total. The highest BCUT2D eigenvalue weighted by molar-refractivity contribution is 7.91. The van der Waals surface area contributed by atoms with Crippen LogP contribution in [0.1, 0.15) is 45.2 Å². The van der Waals surface area contributed by atoms with Crippen molar-refractivity contribution in [3.05, 3.63) is 35.1 Å². The number of hydrogen-bond donors (Lipinski definition) is 0. The van der Waals surface area contributed by atoms with E-state index >= 15 is 0 Å². The van der Waals surface area contributed by atoms with E-state index in [4.69, 9.17) is 0 Å². The van der Waals surface area contributed by atoms with E-state index in [0.717, 1.165) is 6.07 Å². The van der Waals surface area contributed by atoms with Crippen molar-refractivity contribution in [1.29, 1.82) is 0 Å². The molecule has 0 N–H and O–H groups in total. The molecule has 0 heterocycles. The molecule has 1 rings (SSSR count). The second kappa shape index (κ2) is 5.96. The van der Waals surface area contributed by atoms with Gasteiger partial charge in [0.05, 0.1) is 11.3 Å². The molecule has 1 atom stereocenters. The number of nitrogens with zero attached hydrogens (tertiary/aromatic N) is 1. The van der Waals surface area contributed by atoms with Gasteiger partial charge < -0.3 is 4.55 Å². The van der Waals surface area contributed by atoms with Crippen LogP contribution in [0.2, 0.25) is 0 Å². The van der Waals surface area contributed by atoms with Gasteiger partial charge in [-0.1, -0.05) is 22.6 Å². The molecular formula is C13H16F3NOS. The largest absolute Gasteiger partial charge is 0.591 e. The Balaban J connectivity index is 3.17. The predicted octanol–water partition coefficient (Wildman–Crippen LogP) is 4.03. The topological polar surface area (TPSA) is 35.4 Å². The van der Waals surface area contributed by atoms with Crippen molar-refractivity contribution < 1.29 is 17.7 Å². The van der Waals surface area contributed by atoms with Gasteiger partial charge in [0.1, 0.15) is 21.9 Å². The number of halogens is 3. The molecule has 0 spiro atoms. The summed E-state index contributed by atoms with van der Waals surface area (Å²) in [6.45, 7) is 6.64. The lowest BCUT2D eigenvalue weighted by Gasteiger charge is -2.19. The Morgan fingerprint density at radius 2 is 1.89 bits per heavy atom. The fraction of sp³-hybridized carbons (Fsp3) is 0.462. The average molecular weight is 291 g/mol. The van der Waals surface area contributed by atoms with Gasteiger partial charge in [0.25, 0.3) is 6.43 Å². The molecule has 0 bridgehead atoms. The highest BCUT2D eigenvalue weighted by Crippen LogP contribution is 2.25. The monoisotopic (exact) mass is 291 g/mol. The molecular weight excluding hydrogens is 275 g/mol. The number of alkyl halides is 2. The second-order valence-corrected chi connectivity index (χ2v) is 6.95. The minimum absolute atomic E-state index is 0.0459. The van der Waals surface area contributed by atoms with E-state index in [-0.39, 0.29) is 11.3 Å². The van der Waals surface area contributed by atoms with E-state index in [2.05, 4.69) is 4.40 Å². The molecule has 6 heteroatoms. The van der Waals surface area contributed by atoms with Gasteiger partial charge >= 0.3 is 0 Å². The Labute approximate surface area is 114 Å². The summed E-state index contributed by atoms with van der Waals surface area (Å²) in [6.07, 6.45) is -2.89. The average Bonchev–Trinajstić information content (AvgIpc) is 2.27. The Morgan fingerprint density at radius 1 is 1.32 bits per heavy atom. The van der Waals surface area contributed by atoms with Crippen molar-refractivity contribution in [1.82, 2.24) is 0 Å². The molecule has 0 aliphatic rings. The first-order chi connectivity index (χ1) is 8.64. The van der Waals surface area contributed by atoms with Crippen LogP contribution in [0.3, 0.4) is 0 Å². The van der Waals surface area contributed by atoms with E-state index in [0.29, 0.717) is 0 Å². The Bertz CT molecular complexity index is 483. The normalized spacial score (nSPS) is 14.9. The lowest BCUT2D eigenvalue weighted by molar-refractivity contribution is 0.146. The van der Waals surface area contributed by atoms with Gasteiger partial charge in [0, 0.05) is 5.56 Å². The summed E-state index contributed by atoms with van der Waals surface area (Å²) in [5, 5.41) is 0. The van der Waals surface area contributed by atoms with Crippen molar-refractivity contribution in [2.24, 2.45) is 4.40 Å². The summed E-state index contributed by atoms with van der Waals surface area (Å²) in [6, 6.07) is 3.70. The van der Waals surface area contributed by atoms with E-state index in [1.54, 1.807) is 20.8 Å². The molecule has 0 aliphatic heterocycles. The minimum Gasteiger partial charge on any atom is -0.591 e. The van der Waals surface area contributed by atoms with Gasteiger partial charge in [-0.25, -0.2) is 13.2 Å². The van der Waals surface area contributed by atoms with Crippen LogP contribution in [0.25, 0.3) is 0 Å². The molecule has 1 unspecified atom stereocenters. The summed E-state index contributed by atoms with van der Waals surface area (Å²) in [7, 11) is 0. The van der Waals surface area contributed by atoms with Crippen molar-refractivity contribution in [3.8, 4) is 0 Å². The fourth-order valence-electron chi connectivity index (χ4n) is 1.31. The molecule has 19 heavy (non-hydrogen) atoms. The van der Waals surface area contributed by atoms with Crippen LogP contribution in [0, 0.1) is 5.82 Å². The van der Waals surface area contributed by atoms with Crippen LogP contribution in [0.15, 0.2) is 22.6 Å². The predicted molar refractivity (Wildman–Crippen MR) is 71.5 cm³/mol. The summed E-state index contributed by atoms with van der Waals surface area (Å²) in [4.78, 5) is 0. The van der Waals surface area contributed by atoms with Gasteiger partial charge in [-0.2, -0.15) is 0 Å². The van der Waals surface area contributed by atoms with Crippen LogP contribution in [-0.4, -0.2) is 15.0 Å². The third-order valence-electron chi connectivity index (χ3n) is 2.40. The molecule has 0 saturated heterocycles. The Hall–Kier alpha value is -1.01. The van der Waals surface area contributed by atoms with Crippen LogP contribution in [-0.2, 0) is 11.4 Å². The lowest BCUT2D eigenvalue weighted by atomic mass is 10.1. The maximum absolute atomic E-state index is 13.9. The molecule has 0 fully saturated rings. The minimum atomic E-state index is -2.89. The van der Waals surface area contributed by atoms with Crippen molar-refractivity contribution in [2.45, 2.75) is 38.9 Å². The molecule has 0 radical (unpaired) electrons. The van der Waals surface area contributed by atoms with Gasteiger partial charge in [-0.05, 0) is 27.7 Å². The first-order valence-electron chi connectivity index (χ1n) is 5.69. The van der Waals surface area contributed by atoms with Crippen molar-refractivity contribution in [3.63, 3.8) is 0 Å². The summed E-state index contributed by atoms with van der Waals surface area (Å²) in [5.41, 5.74) is -0.572. The van der Waals surface area contributed by atoms with Crippen LogP contribution in [0.5, 0.6) is 0 Å². The number of hydrogen-bond acceptors (Lipinski definition) is 2. The van der Waals surface area contributed by atoms with Crippen molar-refractivity contribution in [2.75, 3.05) is 0 Å². The fourth-order valence-corrected chi connectivity index (χ4v) is 1.93.